The number of amides is 2. The Labute approximate surface area is 251 Å². The van der Waals surface area contributed by atoms with E-state index in [1.54, 1.807) is 35.2 Å². The van der Waals surface area contributed by atoms with Crippen LogP contribution in [0.2, 0.25) is 0 Å². The maximum absolute atomic E-state index is 14.3. The highest BCUT2D eigenvalue weighted by molar-refractivity contribution is 7.92. The van der Waals surface area contributed by atoms with Crippen molar-refractivity contribution < 1.29 is 18.0 Å². The van der Waals surface area contributed by atoms with Crippen LogP contribution >= 0.6 is 0 Å². The van der Waals surface area contributed by atoms with E-state index < -0.39 is 28.5 Å². The molecule has 1 unspecified atom stereocenters. The van der Waals surface area contributed by atoms with Crippen molar-refractivity contribution in [1.82, 2.24) is 10.2 Å². The summed E-state index contributed by atoms with van der Waals surface area (Å²) in [6.07, 6.45) is 4.43. The van der Waals surface area contributed by atoms with Crippen LogP contribution in [0, 0.1) is 6.92 Å². The summed E-state index contributed by atoms with van der Waals surface area (Å²) >= 11 is 0. The van der Waals surface area contributed by atoms with Gasteiger partial charge in [0.15, 0.2) is 0 Å². The molecule has 1 fully saturated rings. The van der Waals surface area contributed by atoms with Gasteiger partial charge in [-0.3, -0.25) is 13.9 Å². The molecule has 1 atom stereocenters. The summed E-state index contributed by atoms with van der Waals surface area (Å²) < 4.78 is 29.2. The summed E-state index contributed by atoms with van der Waals surface area (Å²) in [4.78, 5) is 29.5. The third-order valence-electron chi connectivity index (χ3n) is 7.98. The fourth-order valence-electron chi connectivity index (χ4n) is 5.57. The molecule has 0 radical (unpaired) electrons. The molecular formula is C34H43N3O4S. The Hall–Kier alpha value is -3.65. The van der Waals surface area contributed by atoms with Crippen LogP contribution < -0.4 is 9.62 Å². The zero-order chi connectivity index (χ0) is 30.3. The first-order valence-electron chi connectivity index (χ1n) is 14.9. The van der Waals surface area contributed by atoms with E-state index in [2.05, 4.69) is 19.2 Å². The molecule has 1 N–H and O–H groups in total. The molecule has 0 spiro atoms. The molecule has 3 aromatic carbocycles. The lowest BCUT2D eigenvalue weighted by atomic mass is 10.0. The minimum Gasteiger partial charge on any atom is -0.352 e. The molecule has 0 saturated heterocycles. The number of hydrogen-bond acceptors (Lipinski definition) is 4. The van der Waals surface area contributed by atoms with E-state index in [0.29, 0.717) is 12.1 Å². The van der Waals surface area contributed by atoms with Crippen molar-refractivity contribution in [2.24, 2.45) is 0 Å². The molecule has 8 heteroatoms. The smallest absolute Gasteiger partial charge is 0.264 e. The molecule has 1 saturated carbocycles. The number of sulfonamides is 1. The van der Waals surface area contributed by atoms with Gasteiger partial charge in [-0.15, -0.1) is 0 Å². The maximum Gasteiger partial charge on any atom is 0.264 e. The number of carbonyl (C=O) groups is 2. The zero-order valence-electron chi connectivity index (χ0n) is 25.1. The third kappa shape index (κ3) is 7.59. The normalized spacial score (nSPS) is 14.5. The largest absolute Gasteiger partial charge is 0.352 e. The first-order chi connectivity index (χ1) is 20.1. The van der Waals surface area contributed by atoms with Crippen molar-refractivity contribution >= 4 is 27.5 Å². The highest BCUT2D eigenvalue weighted by atomic mass is 32.2. The molecule has 2 amide bonds. The van der Waals surface area contributed by atoms with E-state index in [-0.39, 0.29) is 29.3 Å². The van der Waals surface area contributed by atoms with E-state index in [1.165, 1.54) is 16.4 Å². The minimum absolute atomic E-state index is 0.0991. The Morgan fingerprint density at radius 1 is 0.929 bits per heavy atom. The second kappa shape index (κ2) is 14.0. The van der Waals surface area contributed by atoms with E-state index in [0.717, 1.165) is 42.4 Å². The van der Waals surface area contributed by atoms with Gasteiger partial charge in [-0.1, -0.05) is 93.8 Å². The van der Waals surface area contributed by atoms with Crippen LogP contribution in [-0.2, 0) is 26.2 Å². The molecule has 224 valence electrons. The third-order valence-corrected chi connectivity index (χ3v) is 9.77. The summed E-state index contributed by atoms with van der Waals surface area (Å²) in [6, 6.07) is 22.6. The first kappa shape index (κ1) is 31.3. The lowest BCUT2D eigenvalue weighted by molar-refractivity contribution is -0.140. The lowest BCUT2D eigenvalue weighted by Crippen LogP contribution is -2.53. The van der Waals surface area contributed by atoms with Gasteiger partial charge in [0.25, 0.3) is 10.0 Å². The molecule has 3 aromatic rings. The van der Waals surface area contributed by atoms with Crippen molar-refractivity contribution in [2.75, 3.05) is 10.8 Å². The maximum atomic E-state index is 14.3. The van der Waals surface area contributed by atoms with Gasteiger partial charge in [0.2, 0.25) is 11.8 Å². The Kier molecular flexibility index (Phi) is 10.4. The summed E-state index contributed by atoms with van der Waals surface area (Å²) in [5, 5.41) is 3.16. The van der Waals surface area contributed by atoms with Crippen molar-refractivity contribution in [3.63, 3.8) is 0 Å². The summed E-state index contributed by atoms with van der Waals surface area (Å²) in [7, 11) is -4.08. The second-order valence-electron chi connectivity index (χ2n) is 11.5. The standard InChI is InChI=1S/C34H43N3O4S/c1-5-32(34(39)35-29-14-9-10-15-29)36(23-27-13-11-12-26(4)22-27)33(38)24-37(30-20-18-28(19-21-30)25(2)3)42(40,41)31-16-7-6-8-17-31/h6-8,11-13,16-22,25,29,32H,5,9-10,14-15,23-24H2,1-4H3,(H,35,39). The fraction of sp³-hybridized carbons (Fsp3) is 0.412. The molecule has 1 aliphatic carbocycles. The Bertz CT molecular complexity index is 1450. The number of carbonyl (C=O) groups excluding carboxylic acids is 2. The predicted octanol–water partition coefficient (Wildman–Crippen LogP) is 6.18. The average molecular weight is 590 g/mol. The van der Waals surface area contributed by atoms with Crippen LogP contribution in [0.15, 0.2) is 83.8 Å². The molecule has 0 aromatic heterocycles. The van der Waals surface area contributed by atoms with Crippen LogP contribution in [0.4, 0.5) is 5.69 Å². The van der Waals surface area contributed by atoms with Gasteiger partial charge in [0.05, 0.1) is 10.6 Å². The summed E-state index contributed by atoms with van der Waals surface area (Å²) in [5.41, 5.74) is 3.39. The number of aryl methyl sites for hydroxylation is 1. The number of rotatable bonds is 12. The van der Waals surface area contributed by atoms with Gasteiger partial charge in [-0.25, -0.2) is 8.42 Å². The van der Waals surface area contributed by atoms with Crippen molar-refractivity contribution in [2.45, 2.75) is 89.2 Å². The second-order valence-corrected chi connectivity index (χ2v) is 13.4. The Balaban J connectivity index is 1.71. The number of nitrogens with one attached hydrogen (secondary N) is 1. The van der Waals surface area contributed by atoms with E-state index >= 15 is 0 Å². The molecule has 0 heterocycles. The number of hydrogen-bond donors (Lipinski definition) is 1. The number of nitrogens with zero attached hydrogens (tertiary/aromatic N) is 2. The first-order valence-corrected chi connectivity index (χ1v) is 16.4. The topological polar surface area (TPSA) is 86.8 Å². The van der Waals surface area contributed by atoms with Gasteiger partial charge in [-0.05, 0) is 67.5 Å². The van der Waals surface area contributed by atoms with Gasteiger partial charge < -0.3 is 10.2 Å². The molecule has 1 aliphatic rings. The van der Waals surface area contributed by atoms with Crippen LogP contribution in [-0.4, -0.2) is 43.8 Å². The Morgan fingerprint density at radius 3 is 2.19 bits per heavy atom. The van der Waals surface area contributed by atoms with Crippen molar-refractivity contribution in [1.29, 1.82) is 0 Å². The quantitative estimate of drug-likeness (QED) is 0.273. The Morgan fingerprint density at radius 2 is 1.60 bits per heavy atom. The minimum atomic E-state index is -4.08. The predicted molar refractivity (Wildman–Crippen MR) is 168 cm³/mol. The number of anilines is 1. The molecule has 0 aliphatic heterocycles. The van der Waals surface area contributed by atoms with Gasteiger partial charge >= 0.3 is 0 Å². The van der Waals surface area contributed by atoms with Crippen molar-refractivity contribution in [3.8, 4) is 0 Å². The average Bonchev–Trinajstić information content (AvgIpc) is 3.49. The molecular weight excluding hydrogens is 546 g/mol. The van der Waals surface area contributed by atoms with E-state index in [1.807, 2.05) is 50.2 Å². The summed E-state index contributed by atoms with van der Waals surface area (Å²) in [5.74, 6) is -0.352. The molecule has 4 rings (SSSR count). The van der Waals surface area contributed by atoms with Gasteiger partial charge in [0, 0.05) is 12.6 Å². The van der Waals surface area contributed by atoms with Gasteiger partial charge in [-0.2, -0.15) is 0 Å². The SMILES string of the molecule is CCC(C(=O)NC1CCCC1)N(Cc1cccc(C)c1)C(=O)CN(c1ccc(C(C)C)cc1)S(=O)(=O)c1ccccc1. The lowest BCUT2D eigenvalue weighted by Gasteiger charge is -2.34. The van der Waals surface area contributed by atoms with E-state index in [4.69, 9.17) is 0 Å². The molecule has 0 bridgehead atoms. The van der Waals surface area contributed by atoms with E-state index in [9.17, 15) is 18.0 Å². The zero-order valence-corrected chi connectivity index (χ0v) is 25.9. The summed E-state index contributed by atoms with van der Waals surface area (Å²) in [6.45, 7) is 7.77. The van der Waals surface area contributed by atoms with Crippen LogP contribution in [0.3, 0.4) is 0 Å². The van der Waals surface area contributed by atoms with Crippen LogP contribution in [0.5, 0.6) is 0 Å². The molecule has 42 heavy (non-hydrogen) atoms. The van der Waals surface area contributed by atoms with Crippen LogP contribution in [0.1, 0.15) is 75.5 Å². The van der Waals surface area contributed by atoms with Crippen molar-refractivity contribution in [3.05, 3.63) is 95.6 Å². The number of benzene rings is 3. The van der Waals surface area contributed by atoms with Crippen LogP contribution in [0.25, 0.3) is 0 Å². The highest BCUT2D eigenvalue weighted by Gasteiger charge is 2.34. The fourth-order valence-corrected chi connectivity index (χ4v) is 7.00. The van der Waals surface area contributed by atoms with Gasteiger partial charge in [0.1, 0.15) is 12.6 Å². The molecule has 7 nitrogen and oxygen atoms in total. The highest BCUT2D eigenvalue weighted by Crippen LogP contribution is 2.27. The monoisotopic (exact) mass is 589 g/mol.